The van der Waals surface area contributed by atoms with Crippen LogP contribution in [0.2, 0.25) is 0 Å². The first-order chi connectivity index (χ1) is 7.27. The van der Waals surface area contributed by atoms with E-state index in [0.29, 0.717) is 5.82 Å². The Hall–Kier alpha value is -1.63. The predicted octanol–water partition coefficient (Wildman–Crippen LogP) is -0.484. The number of hydrogen-bond acceptors (Lipinski definition) is 5. The summed E-state index contributed by atoms with van der Waals surface area (Å²) in [5.41, 5.74) is 0. The van der Waals surface area contributed by atoms with E-state index in [1.807, 2.05) is 11.5 Å². The molecule has 2 N–H and O–H groups in total. The van der Waals surface area contributed by atoms with Gasteiger partial charge in [-0.2, -0.15) is 0 Å². The normalized spacial score (nSPS) is 10.0. The molecule has 1 aromatic rings. The third kappa shape index (κ3) is 3.55. The Morgan fingerprint density at radius 1 is 1.73 bits per heavy atom. The highest BCUT2D eigenvalue weighted by Crippen LogP contribution is 1.94. The van der Waals surface area contributed by atoms with Crippen molar-refractivity contribution in [3.05, 3.63) is 12.2 Å². The van der Waals surface area contributed by atoms with Crippen LogP contribution in [0, 0.1) is 0 Å². The van der Waals surface area contributed by atoms with Crippen molar-refractivity contribution >= 4 is 6.09 Å². The Morgan fingerprint density at radius 3 is 3.20 bits per heavy atom. The number of alkyl carbamates (subject to hydrolysis) is 1. The monoisotopic (exact) mass is 214 g/mol. The molecule has 0 saturated carbocycles. The van der Waals surface area contributed by atoms with Crippen molar-refractivity contribution < 1.29 is 14.6 Å². The molecule has 7 heteroatoms. The highest BCUT2D eigenvalue weighted by molar-refractivity contribution is 5.66. The molecule has 0 aromatic carbocycles. The van der Waals surface area contributed by atoms with Crippen LogP contribution in [0.25, 0.3) is 0 Å². The summed E-state index contributed by atoms with van der Waals surface area (Å²) < 4.78 is 6.42. The molecule has 0 aliphatic heterocycles. The van der Waals surface area contributed by atoms with Gasteiger partial charge >= 0.3 is 6.09 Å². The molecule has 7 nitrogen and oxygen atoms in total. The summed E-state index contributed by atoms with van der Waals surface area (Å²) in [6, 6.07) is 0. The van der Waals surface area contributed by atoms with E-state index in [2.05, 4.69) is 20.3 Å². The summed E-state index contributed by atoms with van der Waals surface area (Å²) in [6.07, 6.45) is 1.02. The Bertz CT molecular complexity index is 313. The van der Waals surface area contributed by atoms with E-state index < -0.39 is 6.09 Å². The lowest BCUT2D eigenvalue weighted by Crippen LogP contribution is -2.26. The molecule has 0 fully saturated rings. The minimum absolute atomic E-state index is 0.00764. The SMILES string of the molecule is CCn1cnnc1CNC(=O)OCCO. The maximum Gasteiger partial charge on any atom is 0.407 e. The molecule has 1 aromatic heterocycles. The van der Waals surface area contributed by atoms with Crippen LogP contribution in [0.4, 0.5) is 4.79 Å². The van der Waals surface area contributed by atoms with Gasteiger partial charge < -0.3 is 19.7 Å². The largest absolute Gasteiger partial charge is 0.447 e. The summed E-state index contributed by atoms with van der Waals surface area (Å²) in [5, 5.41) is 18.5. The highest BCUT2D eigenvalue weighted by atomic mass is 16.6. The smallest absolute Gasteiger partial charge is 0.407 e. The second kappa shape index (κ2) is 5.97. The summed E-state index contributed by atoms with van der Waals surface area (Å²) in [6.45, 7) is 2.77. The molecule has 15 heavy (non-hydrogen) atoms. The number of rotatable bonds is 5. The standard InChI is InChI=1S/C8H14N4O3/c1-2-12-6-10-11-7(12)5-9-8(14)15-4-3-13/h6,13H,2-5H2,1H3,(H,9,14). The number of aliphatic hydroxyl groups excluding tert-OH is 1. The van der Waals surface area contributed by atoms with Crippen LogP contribution in [0.15, 0.2) is 6.33 Å². The van der Waals surface area contributed by atoms with Crippen LogP contribution in [-0.4, -0.2) is 39.2 Å². The second-order valence-electron chi connectivity index (χ2n) is 2.75. The van der Waals surface area contributed by atoms with E-state index in [-0.39, 0.29) is 19.8 Å². The molecule has 0 aliphatic carbocycles. The van der Waals surface area contributed by atoms with Gasteiger partial charge in [0.05, 0.1) is 13.2 Å². The van der Waals surface area contributed by atoms with Crippen LogP contribution in [0.5, 0.6) is 0 Å². The average Bonchev–Trinajstić information content (AvgIpc) is 2.70. The maximum absolute atomic E-state index is 11.0. The molecule has 0 radical (unpaired) electrons. The summed E-state index contributed by atoms with van der Waals surface area (Å²) in [7, 11) is 0. The Kier molecular flexibility index (Phi) is 4.55. The van der Waals surface area contributed by atoms with Gasteiger partial charge in [-0.3, -0.25) is 0 Å². The third-order valence-corrected chi connectivity index (χ3v) is 1.75. The van der Waals surface area contributed by atoms with Crippen LogP contribution < -0.4 is 5.32 Å². The first-order valence-electron chi connectivity index (χ1n) is 4.66. The zero-order valence-electron chi connectivity index (χ0n) is 8.51. The lowest BCUT2D eigenvalue weighted by molar-refractivity contribution is 0.118. The fourth-order valence-corrected chi connectivity index (χ4v) is 1.02. The van der Waals surface area contributed by atoms with E-state index in [1.165, 1.54) is 0 Å². The lowest BCUT2D eigenvalue weighted by atomic mass is 10.5. The molecular formula is C8H14N4O3. The van der Waals surface area contributed by atoms with Crippen molar-refractivity contribution in [2.45, 2.75) is 20.0 Å². The van der Waals surface area contributed by atoms with Crippen molar-refractivity contribution in [1.29, 1.82) is 0 Å². The Morgan fingerprint density at radius 2 is 2.53 bits per heavy atom. The number of nitrogens with one attached hydrogen (secondary N) is 1. The number of aryl methyl sites for hydroxylation is 1. The van der Waals surface area contributed by atoms with Gasteiger partial charge in [0.1, 0.15) is 12.9 Å². The van der Waals surface area contributed by atoms with E-state index in [0.717, 1.165) is 6.54 Å². The van der Waals surface area contributed by atoms with Crippen molar-refractivity contribution in [3.8, 4) is 0 Å². The summed E-state index contributed by atoms with van der Waals surface area (Å²) in [5.74, 6) is 0.665. The van der Waals surface area contributed by atoms with Crippen LogP contribution in [0.3, 0.4) is 0 Å². The molecule has 1 heterocycles. The molecular weight excluding hydrogens is 200 g/mol. The minimum atomic E-state index is -0.574. The van der Waals surface area contributed by atoms with Gasteiger partial charge in [0, 0.05) is 6.54 Å². The molecule has 0 unspecified atom stereocenters. The van der Waals surface area contributed by atoms with Gasteiger partial charge in [0.2, 0.25) is 0 Å². The fourth-order valence-electron chi connectivity index (χ4n) is 1.02. The van der Waals surface area contributed by atoms with Crippen molar-refractivity contribution in [2.24, 2.45) is 0 Å². The average molecular weight is 214 g/mol. The van der Waals surface area contributed by atoms with Crippen molar-refractivity contribution in [2.75, 3.05) is 13.2 Å². The number of carbonyl (C=O) groups is 1. The van der Waals surface area contributed by atoms with Gasteiger partial charge in [-0.15, -0.1) is 10.2 Å². The zero-order valence-corrected chi connectivity index (χ0v) is 8.51. The van der Waals surface area contributed by atoms with Gasteiger partial charge in [0.15, 0.2) is 5.82 Å². The summed E-state index contributed by atoms with van der Waals surface area (Å²) in [4.78, 5) is 11.0. The molecule has 0 bridgehead atoms. The highest BCUT2D eigenvalue weighted by Gasteiger charge is 2.05. The number of nitrogens with zero attached hydrogens (tertiary/aromatic N) is 3. The fraction of sp³-hybridized carbons (Fsp3) is 0.625. The van der Waals surface area contributed by atoms with Gasteiger partial charge in [-0.1, -0.05) is 0 Å². The molecule has 1 amide bonds. The first-order valence-corrected chi connectivity index (χ1v) is 4.66. The van der Waals surface area contributed by atoms with Crippen molar-refractivity contribution in [1.82, 2.24) is 20.1 Å². The first kappa shape index (κ1) is 11.4. The number of aliphatic hydroxyl groups is 1. The van der Waals surface area contributed by atoms with Gasteiger partial charge in [0.25, 0.3) is 0 Å². The Balaban J connectivity index is 2.33. The molecule has 0 aliphatic rings. The maximum atomic E-state index is 11.0. The zero-order chi connectivity index (χ0) is 11.1. The number of ether oxygens (including phenoxy) is 1. The predicted molar refractivity (Wildman–Crippen MR) is 51.0 cm³/mol. The van der Waals surface area contributed by atoms with E-state index in [4.69, 9.17) is 5.11 Å². The topological polar surface area (TPSA) is 89.3 Å². The molecule has 0 spiro atoms. The van der Waals surface area contributed by atoms with E-state index >= 15 is 0 Å². The van der Waals surface area contributed by atoms with Crippen LogP contribution in [-0.2, 0) is 17.8 Å². The van der Waals surface area contributed by atoms with E-state index in [1.54, 1.807) is 6.33 Å². The molecule has 0 saturated heterocycles. The van der Waals surface area contributed by atoms with Crippen LogP contribution >= 0.6 is 0 Å². The van der Waals surface area contributed by atoms with Gasteiger partial charge in [-0.05, 0) is 6.92 Å². The molecule has 0 atom stereocenters. The number of aromatic nitrogens is 3. The number of carbonyl (C=O) groups excluding carboxylic acids is 1. The molecule has 1 rings (SSSR count). The van der Waals surface area contributed by atoms with Crippen molar-refractivity contribution in [3.63, 3.8) is 0 Å². The lowest BCUT2D eigenvalue weighted by Gasteiger charge is -2.05. The number of hydrogen-bond donors (Lipinski definition) is 2. The second-order valence-corrected chi connectivity index (χ2v) is 2.75. The van der Waals surface area contributed by atoms with E-state index in [9.17, 15) is 4.79 Å². The third-order valence-electron chi connectivity index (χ3n) is 1.75. The minimum Gasteiger partial charge on any atom is -0.447 e. The summed E-state index contributed by atoms with van der Waals surface area (Å²) >= 11 is 0. The Labute approximate surface area is 87.1 Å². The van der Waals surface area contributed by atoms with Crippen LogP contribution in [0.1, 0.15) is 12.7 Å². The quantitative estimate of drug-likeness (QED) is 0.690. The molecule has 84 valence electrons. The number of amides is 1. The van der Waals surface area contributed by atoms with Gasteiger partial charge in [-0.25, -0.2) is 4.79 Å².